The number of hydrogen-bond acceptors (Lipinski definition) is 2. The number of nitrogens with zero attached hydrogens (tertiary/aromatic N) is 2. The molecule has 8 aromatic carbocycles. The first-order valence-corrected chi connectivity index (χ1v) is 23.0. The van der Waals surface area contributed by atoms with E-state index in [9.17, 15) is 0 Å². The molecule has 2 aromatic heterocycles. The molecule has 12 rings (SSSR count). The maximum absolute atomic E-state index is 7.14. The van der Waals surface area contributed by atoms with Crippen molar-refractivity contribution in [3.05, 3.63) is 173 Å². The van der Waals surface area contributed by atoms with E-state index in [0.29, 0.717) is 0 Å². The number of hydrogen-bond donors (Lipinski definition) is 0. The summed E-state index contributed by atoms with van der Waals surface area (Å²) < 4.78 is 9.84. The zero-order chi connectivity index (χ0) is 44.1. The molecule has 10 aromatic rings. The average Bonchev–Trinajstić information content (AvgIpc) is 3.79. The number of aryl methyl sites for hydroxylation is 4. The third kappa shape index (κ3) is 5.47. The van der Waals surface area contributed by atoms with Crippen LogP contribution in [0.25, 0.3) is 77.1 Å². The number of aromatic nitrogens is 1. The Bertz CT molecular complexity index is 3600. The molecular weight excluding hydrogens is 775 g/mol. The first kappa shape index (κ1) is 38.9. The standard InChI is InChI=1S/C60H53BN2O/c1-34-16-13-17-35(2)53(34)38-20-15-21-42(28-38)62-50-29-39(54-36(3)18-14-19-37(54)4)24-26-48(50)61-56-51(62)33-46-43-22-11-12-23-52(43)64-58(46)55(56)47-32-41(60(8,9)10)31-45-44-30-40(59(5,6)7)25-27-49(44)63(61)57(45)47/h11-33H,1-10H3. The molecule has 0 bridgehead atoms. The Hall–Kier alpha value is -6.78. The van der Waals surface area contributed by atoms with Crippen LogP contribution in [0.3, 0.4) is 0 Å². The summed E-state index contributed by atoms with van der Waals surface area (Å²) in [6, 6.07) is 53.1. The molecule has 3 nitrogen and oxygen atoms in total. The molecule has 2 aliphatic rings. The van der Waals surface area contributed by atoms with Crippen LogP contribution < -0.4 is 15.8 Å². The minimum absolute atomic E-state index is 0.00274. The minimum atomic E-state index is -0.115. The Morgan fingerprint density at radius 2 is 1.12 bits per heavy atom. The van der Waals surface area contributed by atoms with E-state index in [0.717, 1.165) is 27.6 Å². The quantitative estimate of drug-likeness (QED) is 0.165. The number of furan rings is 1. The Labute approximate surface area is 377 Å². The summed E-state index contributed by atoms with van der Waals surface area (Å²) in [5, 5.41) is 4.89. The van der Waals surface area contributed by atoms with Gasteiger partial charge in [-0.25, -0.2) is 0 Å². The van der Waals surface area contributed by atoms with Gasteiger partial charge in [0.2, 0.25) is 0 Å². The molecule has 0 atom stereocenters. The number of anilines is 3. The van der Waals surface area contributed by atoms with E-state index in [1.165, 1.54) is 111 Å². The summed E-state index contributed by atoms with van der Waals surface area (Å²) >= 11 is 0. The molecule has 0 amide bonds. The molecule has 0 fully saturated rings. The lowest BCUT2D eigenvalue weighted by atomic mass is 9.45. The summed E-state index contributed by atoms with van der Waals surface area (Å²) in [5.74, 6) is 0. The molecule has 4 heterocycles. The van der Waals surface area contributed by atoms with Crippen LogP contribution in [0.5, 0.6) is 0 Å². The molecule has 4 heteroatoms. The van der Waals surface area contributed by atoms with Crippen LogP contribution in [-0.4, -0.2) is 11.3 Å². The van der Waals surface area contributed by atoms with Crippen LogP contribution in [0.4, 0.5) is 17.1 Å². The van der Waals surface area contributed by atoms with Gasteiger partial charge in [0, 0.05) is 60.8 Å². The summed E-state index contributed by atoms with van der Waals surface area (Å²) in [6.07, 6.45) is 0. The van der Waals surface area contributed by atoms with Gasteiger partial charge in [-0.15, -0.1) is 0 Å². The normalized spacial score (nSPS) is 13.4. The molecule has 0 radical (unpaired) electrons. The SMILES string of the molecule is Cc1cccc(C)c1-c1cccc(N2c3cc(-c4c(C)cccc4C)ccc3B3c4c2cc2c(oc5ccccc52)c4-c2cc(C(C)(C)C)cc4c5cc(C(C)(C)C)ccc5n3c24)c1. The fraction of sp³-hybridized carbons (Fsp3) is 0.200. The topological polar surface area (TPSA) is 21.3 Å². The number of rotatable bonds is 3. The fourth-order valence-electron chi connectivity index (χ4n) is 11.4. The predicted molar refractivity (Wildman–Crippen MR) is 274 cm³/mol. The molecule has 312 valence electrons. The average molecular weight is 829 g/mol. The van der Waals surface area contributed by atoms with Crippen molar-refractivity contribution in [3.8, 4) is 33.4 Å². The van der Waals surface area contributed by atoms with Crippen molar-refractivity contribution < 1.29 is 4.42 Å². The van der Waals surface area contributed by atoms with Gasteiger partial charge in [-0.2, -0.15) is 0 Å². The lowest BCUT2D eigenvalue weighted by Crippen LogP contribution is -2.56. The van der Waals surface area contributed by atoms with Crippen LogP contribution in [0.1, 0.15) is 74.9 Å². The van der Waals surface area contributed by atoms with Crippen molar-refractivity contribution in [2.75, 3.05) is 4.90 Å². The molecular formula is C60H53BN2O. The van der Waals surface area contributed by atoms with Crippen molar-refractivity contribution >= 4 is 78.6 Å². The van der Waals surface area contributed by atoms with Crippen molar-refractivity contribution in [1.82, 2.24) is 4.48 Å². The van der Waals surface area contributed by atoms with E-state index in [1.807, 2.05) is 0 Å². The third-order valence-electron chi connectivity index (χ3n) is 14.6. The van der Waals surface area contributed by atoms with Gasteiger partial charge in [-0.3, -0.25) is 0 Å². The second-order valence-electron chi connectivity index (χ2n) is 20.8. The van der Waals surface area contributed by atoms with Gasteiger partial charge in [0.1, 0.15) is 11.2 Å². The van der Waals surface area contributed by atoms with Gasteiger partial charge in [0.05, 0.1) is 0 Å². The molecule has 64 heavy (non-hydrogen) atoms. The Morgan fingerprint density at radius 1 is 0.484 bits per heavy atom. The highest BCUT2D eigenvalue weighted by molar-refractivity contribution is 6.90. The Kier molecular flexibility index (Phi) is 8.12. The van der Waals surface area contributed by atoms with Gasteiger partial charge < -0.3 is 13.8 Å². The Balaban J connectivity index is 1.28. The molecule has 0 N–H and O–H groups in total. The molecule has 0 unspecified atom stereocenters. The smallest absolute Gasteiger partial charge is 0.333 e. The van der Waals surface area contributed by atoms with Gasteiger partial charge in [0.15, 0.2) is 0 Å². The van der Waals surface area contributed by atoms with Crippen molar-refractivity contribution in [2.45, 2.75) is 80.1 Å². The number of benzene rings is 8. The van der Waals surface area contributed by atoms with E-state index in [-0.39, 0.29) is 17.7 Å². The lowest BCUT2D eigenvalue weighted by Gasteiger charge is -2.41. The highest BCUT2D eigenvalue weighted by atomic mass is 16.3. The van der Waals surface area contributed by atoms with Gasteiger partial charge >= 0.3 is 6.85 Å². The predicted octanol–water partition coefficient (Wildman–Crippen LogP) is 15.3. The second-order valence-corrected chi connectivity index (χ2v) is 20.8. The van der Waals surface area contributed by atoms with E-state index in [2.05, 4.69) is 218 Å². The largest absolute Gasteiger partial charge is 0.455 e. The molecule has 0 saturated heterocycles. The maximum Gasteiger partial charge on any atom is 0.333 e. The zero-order valence-corrected chi connectivity index (χ0v) is 38.7. The summed E-state index contributed by atoms with van der Waals surface area (Å²) in [4.78, 5) is 2.58. The summed E-state index contributed by atoms with van der Waals surface area (Å²) in [5.41, 5.74) is 25.7. The highest BCUT2D eigenvalue weighted by Crippen LogP contribution is 2.51. The van der Waals surface area contributed by atoms with Crippen LogP contribution in [-0.2, 0) is 10.8 Å². The fourth-order valence-corrected chi connectivity index (χ4v) is 11.4. The van der Waals surface area contributed by atoms with Crippen LogP contribution in [0.15, 0.2) is 144 Å². The maximum atomic E-state index is 7.14. The van der Waals surface area contributed by atoms with Gasteiger partial charge in [-0.05, 0) is 160 Å². The molecule has 0 spiro atoms. The summed E-state index contributed by atoms with van der Waals surface area (Å²) in [7, 11) is 0. The first-order chi connectivity index (χ1) is 30.7. The van der Waals surface area contributed by atoms with Crippen molar-refractivity contribution in [2.24, 2.45) is 0 Å². The summed E-state index contributed by atoms with van der Waals surface area (Å²) in [6.45, 7) is 22.9. The second kappa shape index (κ2) is 13.4. The van der Waals surface area contributed by atoms with Crippen molar-refractivity contribution in [3.63, 3.8) is 0 Å². The van der Waals surface area contributed by atoms with Crippen LogP contribution in [0.2, 0.25) is 0 Å². The van der Waals surface area contributed by atoms with Crippen LogP contribution in [0, 0.1) is 27.7 Å². The monoisotopic (exact) mass is 828 g/mol. The van der Waals surface area contributed by atoms with E-state index >= 15 is 0 Å². The van der Waals surface area contributed by atoms with E-state index in [1.54, 1.807) is 0 Å². The number of fused-ring (bicyclic) bond motifs is 11. The van der Waals surface area contributed by atoms with Crippen LogP contribution >= 0.6 is 0 Å². The minimum Gasteiger partial charge on any atom is -0.455 e. The highest BCUT2D eigenvalue weighted by Gasteiger charge is 2.45. The van der Waals surface area contributed by atoms with Gasteiger partial charge in [0.25, 0.3) is 0 Å². The van der Waals surface area contributed by atoms with E-state index < -0.39 is 0 Å². The number of para-hydroxylation sites is 1. The van der Waals surface area contributed by atoms with E-state index in [4.69, 9.17) is 4.42 Å². The Morgan fingerprint density at radius 3 is 1.81 bits per heavy atom. The molecule has 0 aliphatic carbocycles. The molecule has 0 saturated carbocycles. The van der Waals surface area contributed by atoms with Crippen molar-refractivity contribution in [1.29, 1.82) is 0 Å². The first-order valence-electron chi connectivity index (χ1n) is 23.0. The lowest BCUT2D eigenvalue weighted by molar-refractivity contribution is 0.590. The zero-order valence-electron chi connectivity index (χ0n) is 38.7. The third-order valence-corrected chi connectivity index (χ3v) is 14.6. The molecule has 2 aliphatic heterocycles. The van der Waals surface area contributed by atoms with Gasteiger partial charge in [-0.1, -0.05) is 126 Å².